The van der Waals surface area contributed by atoms with E-state index in [2.05, 4.69) is 17.9 Å². The molecule has 1 amide bonds. The van der Waals surface area contributed by atoms with Gasteiger partial charge in [-0.3, -0.25) is 4.79 Å². The summed E-state index contributed by atoms with van der Waals surface area (Å²) in [5, 5.41) is 2.61. The summed E-state index contributed by atoms with van der Waals surface area (Å²) in [6.45, 7) is 1.95. The van der Waals surface area contributed by atoms with Crippen molar-refractivity contribution in [1.29, 1.82) is 0 Å². The summed E-state index contributed by atoms with van der Waals surface area (Å²) in [6, 6.07) is 13.6. The predicted octanol–water partition coefficient (Wildman–Crippen LogP) is 4.12. The van der Waals surface area contributed by atoms with Gasteiger partial charge in [0, 0.05) is 4.88 Å². The van der Waals surface area contributed by atoms with Gasteiger partial charge in [0.1, 0.15) is 0 Å². The number of rotatable bonds is 5. The molecule has 2 aromatic rings. The third-order valence-electron chi connectivity index (χ3n) is 2.95. The van der Waals surface area contributed by atoms with Crippen LogP contribution in [-0.4, -0.2) is 11.2 Å². The van der Waals surface area contributed by atoms with Crippen molar-refractivity contribution in [2.45, 2.75) is 24.6 Å². The number of halogens is 1. The first-order valence-electron chi connectivity index (χ1n) is 6.34. The molecule has 0 bridgehead atoms. The van der Waals surface area contributed by atoms with E-state index in [9.17, 15) is 4.79 Å². The van der Waals surface area contributed by atoms with Gasteiger partial charge in [-0.1, -0.05) is 41.9 Å². The molecular weight excluding hydrogens is 310 g/mol. The molecule has 0 saturated heterocycles. The molecule has 106 valence electrons. The van der Waals surface area contributed by atoms with Crippen molar-refractivity contribution in [3.8, 4) is 0 Å². The van der Waals surface area contributed by atoms with Crippen molar-refractivity contribution in [1.82, 2.24) is 5.32 Å². The first-order chi connectivity index (χ1) is 9.56. The predicted molar refractivity (Wildman–Crippen MR) is 88.8 cm³/mol. The van der Waals surface area contributed by atoms with E-state index >= 15 is 0 Å². The monoisotopic (exact) mass is 325 g/mol. The second-order valence-electron chi connectivity index (χ2n) is 4.58. The van der Waals surface area contributed by atoms with Crippen molar-refractivity contribution < 1.29 is 4.79 Å². The van der Waals surface area contributed by atoms with E-state index in [0.717, 1.165) is 14.8 Å². The molecule has 0 radical (unpaired) electrons. The molecule has 0 saturated carbocycles. The zero-order valence-electron chi connectivity index (χ0n) is 11.0. The first kappa shape index (κ1) is 15.4. The van der Waals surface area contributed by atoms with Gasteiger partial charge in [-0.2, -0.15) is 12.6 Å². The Balaban J connectivity index is 1.91. The number of amides is 1. The van der Waals surface area contributed by atoms with Gasteiger partial charge in [-0.25, -0.2) is 0 Å². The van der Waals surface area contributed by atoms with Crippen molar-refractivity contribution in [2.75, 3.05) is 0 Å². The fraction of sp³-hybridized carbons (Fsp3) is 0.267. The van der Waals surface area contributed by atoms with E-state index in [4.69, 9.17) is 11.6 Å². The third kappa shape index (κ3) is 4.27. The Hall–Kier alpha value is -0.970. The fourth-order valence-electron chi connectivity index (χ4n) is 1.87. The molecule has 1 aromatic carbocycles. The number of nitrogens with one attached hydrogen (secondary N) is 1. The average Bonchev–Trinajstić information content (AvgIpc) is 2.86. The molecule has 2 unspecified atom stereocenters. The highest BCUT2D eigenvalue weighted by atomic mass is 35.5. The van der Waals surface area contributed by atoms with Gasteiger partial charge < -0.3 is 5.32 Å². The third-order valence-corrected chi connectivity index (χ3v) is 4.79. The number of hydrogen-bond donors (Lipinski definition) is 2. The lowest BCUT2D eigenvalue weighted by Crippen LogP contribution is -2.34. The Morgan fingerprint density at radius 3 is 2.60 bits per heavy atom. The van der Waals surface area contributed by atoms with Crippen LogP contribution in [0.4, 0.5) is 0 Å². The Morgan fingerprint density at radius 2 is 2.00 bits per heavy atom. The van der Waals surface area contributed by atoms with Gasteiger partial charge in [0.15, 0.2) is 0 Å². The zero-order chi connectivity index (χ0) is 14.5. The summed E-state index contributed by atoms with van der Waals surface area (Å²) < 4.78 is 0.729. The zero-order valence-corrected chi connectivity index (χ0v) is 13.5. The molecule has 20 heavy (non-hydrogen) atoms. The summed E-state index contributed by atoms with van der Waals surface area (Å²) in [7, 11) is 0. The largest absolute Gasteiger partial charge is 0.348 e. The summed E-state index contributed by atoms with van der Waals surface area (Å²) in [4.78, 5) is 13.2. The van der Waals surface area contributed by atoms with Crippen LogP contribution in [0.25, 0.3) is 0 Å². The number of benzene rings is 1. The van der Waals surface area contributed by atoms with Gasteiger partial charge in [-0.05, 0) is 31.0 Å². The minimum Gasteiger partial charge on any atom is -0.348 e. The molecule has 5 heteroatoms. The lowest BCUT2D eigenvalue weighted by molar-refractivity contribution is -0.121. The number of carbonyl (C=O) groups excluding carboxylic acids is 1. The highest BCUT2D eigenvalue weighted by Gasteiger charge is 2.18. The summed E-state index contributed by atoms with van der Waals surface area (Å²) in [6.07, 6.45) is 0.619. The van der Waals surface area contributed by atoms with E-state index in [-0.39, 0.29) is 17.2 Å². The minimum absolute atomic E-state index is 0.0505. The van der Waals surface area contributed by atoms with E-state index < -0.39 is 0 Å². The first-order valence-corrected chi connectivity index (χ1v) is 8.05. The maximum atomic E-state index is 12.1. The van der Waals surface area contributed by atoms with Crippen LogP contribution in [-0.2, 0) is 11.2 Å². The number of thiol groups is 1. The van der Waals surface area contributed by atoms with Crippen molar-refractivity contribution in [3.63, 3.8) is 0 Å². The van der Waals surface area contributed by atoms with Gasteiger partial charge in [0.25, 0.3) is 0 Å². The molecule has 2 atom stereocenters. The van der Waals surface area contributed by atoms with E-state index in [0.29, 0.717) is 6.42 Å². The fourth-order valence-corrected chi connectivity index (χ4v) is 3.22. The van der Waals surface area contributed by atoms with Gasteiger partial charge >= 0.3 is 0 Å². The maximum Gasteiger partial charge on any atom is 0.233 e. The van der Waals surface area contributed by atoms with Crippen LogP contribution in [0.3, 0.4) is 0 Å². The molecule has 1 N–H and O–H groups in total. The Morgan fingerprint density at radius 1 is 1.30 bits per heavy atom. The lowest BCUT2D eigenvalue weighted by Gasteiger charge is -2.16. The number of thiophene rings is 1. The van der Waals surface area contributed by atoms with Crippen molar-refractivity contribution >= 4 is 41.5 Å². The number of hydrogen-bond acceptors (Lipinski definition) is 3. The topological polar surface area (TPSA) is 29.1 Å². The normalized spacial score (nSPS) is 13.8. The molecular formula is C15H16ClNOS2. The van der Waals surface area contributed by atoms with Crippen LogP contribution >= 0.6 is 35.6 Å². The highest BCUT2D eigenvalue weighted by Crippen LogP contribution is 2.26. The van der Waals surface area contributed by atoms with Crippen LogP contribution in [0.15, 0.2) is 42.5 Å². The van der Waals surface area contributed by atoms with Crippen LogP contribution in [0, 0.1) is 0 Å². The second kappa shape index (κ2) is 7.16. The van der Waals surface area contributed by atoms with Crippen LogP contribution in [0.2, 0.25) is 4.34 Å². The summed E-state index contributed by atoms with van der Waals surface area (Å²) in [5.74, 6) is -0.0609. The Labute approximate surface area is 133 Å². The minimum atomic E-state index is -0.352. The second-order valence-corrected chi connectivity index (χ2v) is 6.95. The quantitative estimate of drug-likeness (QED) is 0.795. The molecule has 2 nitrogen and oxygen atoms in total. The van der Waals surface area contributed by atoms with Gasteiger partial charge in [0.05, 0.1) is 15.6 Å². The molecule has 1 aromatic heterocycles. The molecule has 0 spiro atoms. The van der Waals surface area contributed by atoms with E-state index in [1.54, 1.807) is 0 Å². The van der Waals surface area contributed by atoms with Crippen LogP contribution in [0.5, 0.6) is 0 Å². The molecule has 1 heterocycles. The van der Waals surface area contributed by atoms with E-state index in [1.165, 1.54) is 11.3 Å². The maximum absolute atomic E-state index is 12.1. The molecule has 0 fully saturated rings. The smallest absolute Gasteiger partial charge is 0.233 e. The number of carbonyl (C=O) groups is 1. The Kier molecular flexibility index (Phi) is 5.52. The van der Waals surface area contributed by atoms with Crippen LogP contribution in [0.1, 0.15) is 23.4 Å². The molecule has 2 rings (SSSR count). The van der Waals surface area contributed by atoms with Crippen molar-refractivity contribution in [2.24, 2.45) is 0 Å². The Bertz CT molecular complexity index is 570. The average molecular weight is 326 g/mol. The van der Waals surface area contributed by atoms with Crippen LogP contribution < -0.4 is 5.32 Å². The lowest BCUT2D eigenvalue weighted by atomic mass is 10.1. The summed E-state index contributed by atoms with van der Waals surface area (Å²) in [5.41, 5.74) is 1.11. The SMILES string of the molecule is CC(NC(=O)C(S)Cc1ccccc1)c1ccc(Cl)s1. The summed E-state index contributed by atoms with van der Waals surface area (Å²) >= 11 is 11.8. The van der Waals surface area contributed by atoms with Gasteiger partial charge in [0.2, 0.25) is 5.91 Å². The molecule has 0 aliphatic heterocycles. The molecule has 0 aliphatic rings. The highest BCUT2D eigenvalue weighted by molar-refractivity contribution is 7.81. The van der Waals surface area contributed by atoms with Crippen molar-refractivity contribution in [3.05, 3.63) is 57.2 Å². The molecule has 0 aliphatic carbocycles. The standard InChI is InChI=1S/C15H16ClNOS2/c1-10(13-7-8-14(16)20-13)17-15(18)12(19)9-11-5-3-2-4-6-11/h2-8,10,12,19H,9H2,1H3,(H,17,18). The van der Waals surface area contributed by atoms with E-state index in [1.807, 2.05) is 49.4 Å². The van der Waals surface area contributed by atoms with Gasteiger partial charge in [-0.15, -0.1) is 11.3 Å².